The minimum Gasteiger partial charge on any atom is -0.495 e. The highest BCUT2D eigenvalue weighted by molar-refractivity contribution is 5.76. The van der Waals surface area contributed by atoms with E-state index >= 15 is 0 Å². The fraction of sp³-hybridized carbons (Fsp3) is 0.462. The molecule has 3 heteroatoms. The van der Waals surface area contributed by atoms with Crippen LogP contribution in [0.25, 0.3) is 0 Å². The van der Waals surface area contributed by atoms with Crippen molar-refractivity contribution in [3.8, 4) is 5.75 Å². The number of aryl methyl sites for hydroxylation is 2. The summed E-state index contributed by atoms with van der Waals surface area (Å²) in [6, 6.07) is 4.06. The van der Waals surface area contributed by atoms with Gasteiger partial charge in [0.1, 0.15) is 11.5 Å². The van der Waals surface area contributed by atoms with E-state index in [1.807, 2.05) is 12.1 Å². The summed E-state index contributed by atoms with van der Waals surface area (Å²) < 4.78 is 5.29. The molecule has 0 spiro atoms. The Labute approximate surface area is 96.8 Å². The van der Waals surface area contributed by atoms with Gasteiger partial charge >= 0.3 is 0 Å². The van der Waals surface area contributed by atoms with Crippen molar-refractivity contribution in [2.24, 2.45) is 0 Å². The summed E-state index contributed by atoms with van der Waals surface area (Å²) in [5, 5.41) is 3.22. The van der Waals surface area contributed by atoms with Gasteiger partial charge in [0, 0.05) is 13.0 Å². The lowest BCUT2D eigenvalue weighted by atomic mass is 10.1. The van der Waals surface area contributed by atoms with E-state index in [4.69, 9.17) is 4.74 Å². The molecule has 0 unspecified atom stereocenters. The Bertz CT molecular complexity index is 386. The summed E-state index contributed by atoms with van der Waals surface area (Å²) >= 11 is 0. The van der Waals surface area contributed by atoms with Crippen molar-refractivity contribution in [3.63, 3.8) is 0 Å². The number of ether oxygens (including phenoxy) is 1. The quantitative estimate of drug-likeness (QED) is 0.830. The topological polar surface area (TPSA) is 38.3 Å². The van der Waals surface area contributed by atoms with Gasteiger partial charge in [-0.2, -0.15) is 0 Å². The second-order valence-corrected chi connectivity index (χ2v) is 4.02. The molecule has 0 fully saturated rings. The van der Waals surface area contributed by atoms with Crippen LogP contribution in [0, 0.1) is 13.8 Å². The first-order valence-corrected chi connectivity index (χ1v) is 5.43. The number of ketones is 1. The molecule has 0 aliphatic heterocycles. The second kappa shape index (κ2) is 5.54. The van der Waals surface area contributed by atoms with Crippen molar-refractivity contribution >= 4 is 11.5 Å². The maximum absolute atomic E-state index is 10.8. The van der Waals surface area contributed by atoms with Gasteiger partial charge in [-0.1, -0.05) is 0 Å². The third kappa shape index (κ3) is 3.26. The highest BCUT2D eigenvalue weighted by Gasteiger charge is 2.05. The average Bonchev–Trinajstić information content (AvgIpc) is 2.22. The maximum atomic E-state index is 10.8. The maximum Gasteiger partial charge on any atom is 0.142 e. The number of methoxy groups -OCH3 is 1. The molecule has 1 aromatic carbocycles. The fourth-order valence-corrected chi connectivity index (χ4v) is 1.47. The van der Waals surface area contributed by atoms with Gasteiger partial charge in [-0.05, 0) is 44.0 Å². The SMILES string of the molecule is COc1cc(C)c(C)cc1NCCC(C)=O. The lowest BCUT2D eigenvalue weighted by Crippen LogP contribution is -2.07. The van der Waals surface area contributed by atoms with Crippen LogP contribution in [-0.2, 0) is 4.79 Å². The monoisotopic (exact) mass is 221 g/mol. The molecule has 16 heavy (non-hydrogen) atoms. The van der Waals surface area contributed by atoms with Crippen LogP contribution in [0.3, 0.4) is 0 Å². The molecular weight excluding hydrogens is 202 g/mol. The molecule has 0 saturated heterocycles. The smallest absolute Gasteiger partial charge is 0.142 e. The molecule has 0 aliphatic carbocycles. The van der Waals surface area contributed by atoms with E-state index in [9.17, 15) is 4.79 Å². The zero-order valence-corrected chi connectivity index (χ0v) is 10.4. The standard InChI is InChI=1S/C13H19NO2/c1-9-7-12(14-6-5-11(3)15)13(16-4)8-10(9)2/h7-8,14H,5-6H2,1-4H3. The van der Waals surface area contributed by atoms with Crippen molar-refractivity contribution in [2.45, 2.75) is 27.2 Å². The summed E-state index contributed by atoms with van der Waals surface area (Å²) in [5.41, 5.74) is 3.37. The van der Waals surface area contributed by atoms with E-state index < -0.39 is 0 Å². The Morgan fingerprint density at radius 3 is 2.50 bits per heavy atom. The first-order valence-electron chi connectivity index (χ1n) is 5.43. The van der Waals surface area contributed by atoms with Crippen molar-refractivity contribution < 1.29 is 9.53 Å². The normalized spacial score (nSPS) is 10.0. The molecule has 0 aliphatic rings. The molecule has 0 aromatic heterocycles. The molecular formula is C13H19NO2. The Hall–Kier alpha value is -1.51. The van der Waals surface area contributed by atoms with Crippen molar-refractivity contribution in [3.05, 3.63) is 23.3 Å². The van der Waals surface area contributed by atoms with Crippen LogP contribution in [0.1, 0.15) is 24.5 Å². The van der Waals surface area contributed by atoms with Crippen molar-refractivity contribution in [1.82, 2.24) is 0 Å². The number of Topliss-reactive ketones (excluding diaryl/α,β-unsaturated/α-hetero) is 1. The zero-order valence-electron chi connectivity index (χ0n) is 10.4. The molecule has 0 heterocycles. The Kier molecular flexibility index (Phi) is 4.35. The van der Waals surface area contributed by atoms with Gasteiger partial charge in [0.15, 0.2) is 0 Å². The zero-order chi connectivity index (χ0) is 12.1. The lowest BCUT2D eigenvalue weighted by Gasteiger charge is -2.13. The van der Waals surface area contributed by atoms with E-state index in [-0.39, 0.29) is 5.78 Å². The van der Waals surface area contributed by atoms with Gasteiger partial charge < -0.3 is 10.1 Å². The molecule has 0 radical (unpaired) electrons. The van der Waals surface area contributed by atoms with Crippen LogP contribution in [0.2, 0.25) is 0 Å². The number of nitrogens with one attached hydrogen (secondary N) is 1. The molecule has 0 amide bonds. The summed E-state index contributed by atoms with van der Waals surface area (Å²) in [6.45, 7) is 6.36. The molecule has 0 atom stereocenters. The predicted molar refractivity (Wildman–Crippen MR) is 66.3 cm³/mol. The van der Waals surface area contributed by atoms with Crippen LogP contribution in [-0.4, -0.2) is 19.4 Å². The summed E-state index contributed by atoms with van der Waals surface area (Å²) in [6.07, 6.45) is 0.538. The van der Waals surface area contributed by atoms with E-state index in [0.29, 0.717) is 13.0 Å². The van der Waals surface area contributed by atoms with Crippen LogP contribution in [0.5, 0.6) is 5.75 Å². The van der Waals surface area contributed by atoms with Gasteiger partial charge in [0.25, 0.3) is 0 Å². The summed E-state index contributed by atoms with van der Waals surface area (Å²) in [4.78, 5) is 10.8. The molecule has 0 bridgehead atoms. The number of hydrogen-bond donors (Lipinski definition) is 1. The Balaban J connectivity index is 2.77. The predicted octanol–water partition coefficient (Wildman–Crippen LogP) is 2.70. The van der Waals surface area contributed by atoms with Gasteiger partial charge in [0.05, 0.1) is 12.8 Å². The first-order chi connectivity index (χ1) is 7.54. The first kappa shape index (κ1) is 12.6. The van der Waals surface area contributed by atoms with E-state index in [1.165, 1.54) is 11.1 Å². The van der Waals surface area contributed by atoms with E-state index in [2.05, 4.69) is 19.2 Å². The molecule has 88 valence electrons. The number of benzene rings is 1. The molecule has 1 rings (SSSR count). The van der Waals surface area contributed by atoms with Gasteiger partial charge in [0.2, 0.25) is 0 Å². The second-order valence-electron chi connectivity index (χ2n) is 4.02. The molecule has 0 saturated carbocycles. The number of anilines is 1. The molecule has 1 N–H and O–H groups in total. The number of hydrogen-bond acceptors (Lipinski definition) is 3. The van der Waals surface area contributed by atoms with Gasteiger partial charge in [-0.3, -0.25) is 4.79 Å². The summed E-state index contributed by atoms with van der Waals surface area (Å²) in [7, 11) is 1.65. The number of carbonyl (C=O) groups excluding carboxylic acids is 1. The van der Waals surface area contributed by atoms with Gasteiger partial charge in [-0.15, -0.1) is 0 Å². The third-order valence-electron chi connectivity index (χ3n) is 2.61. The minimum atomic E-state index is 0.190. The number of carbonyl (C=O) groups is 1. The summed E-state index contributed by atoms with van der Waals surface area (Å²) in [5.74, 6) is 1.02. The highest BCUT2D eigenvalue weighted by Crippen LogP contribution is 2.27. The third-order valence-corrected chi connectivity index (χ3v) is 2.61. The molecule has 3 nitrogen and oxygen atoms in total. The highest BCUT2D eigenvalue weighted by atomic mass is 16.5. The van der Waals surface area contributed by atoms with Gasteiger partial charge in [-0.25, -0.2) is 0 Å². The van der Waals surface area contributed by atoms with Crippen LogP contribution >= 0.6 is 0 Å². The number of rotatable bonds is 5. The molecule has 1 aromatic rings. The fourth-order valence-electron chi connectivity index (χ4n) is 1.47. The van der Waals surface area contributed by atoms with Crippen LogP contribution < -0.4 is 10.1 Å². The Morgan fingerprint density at radius 1 is 1.31 bits per heavy atom. The lowest BCUT2D eigenvalue weighted by molar-refractivity contribution is -0.116. The van der Waals surface area contributed by atoms with Crippen LogP contribution in [0.15, 0.2) is 12.1 Å². The van der Waals surface area contributed by atoms with E-state index in [0.717, 1.165) is 11.4 Å². The Morgan fingerprint density at radius 2 is 1.94 bits per heavy atom. The minimum absolute atomic E-state index is 0.190. The van der Waals surface area contributed by atoms with Crippen LogP contribution in [0.4, 0.5) is 5.69 Å². The average molecular weight is 221 g/mol. The van der Waals surface area contributed by atoms with Crippen molar-refractivity contribution in [1.29, 1.82) is 0 Å². The van der Waals surface area contributed by atoms with Crippen molar-refractivity contribution in [2.75, 3.05) is 19.0 Å². The largest absolute Gasteiger partial charge is 0.495 e. The van der Waals surface area contributed by atoms with E-state index in [1.54, 1.807) is 14.0 Å².